The van der Waals surface area contributed by atoms with Crippen molar-refractivity contribution in [3.63, 3.8) is 0 Å². The van der Waals surface area contributed by atoms with Crippen LogP contribution in [0, 0.1) is 0 Å². The summed E-state index contributed by atoms with van der Waals surface area (Å²) in [6.07, 6.45) is 3.28. The highest BCUT2D eigenvalue weighted by Gasteiger charge is 2.36. The third-order valence-electron chi connectivity index (χ3n) is 3.27. The molecule has 0 radical (unpaired) electrons. The van der Waals surface area contributed by atoms with Gasteiger partial charge in [-0.3, -0.25) is 0 Å². The molecular formula is C12H18N2O3S. The standard InChI is InChI=1S/C12H18N2O3S/c1-10(15)11-6-3-5-9-14(11)18(16,17)12-7-2-4-8-13-12/h2,4,7-8,10-11,15H,3,5-6,9H2,1H3. The van der Waals surface area contributed by atoms with E-state index in [2.05, 4.69) is 4.98 Å². The van der Waals surface area contributed by atoms with E-state index in [-0.39, 0.29) is 11.1 Å². The molecule has 6 heteroatoms. The molecule has 1 saturated heterocycles. The molecule has 0 aromatic carbocycles. The monoisotopic (exact) mass is 270 g/mol. The first-order valence-corrected chi connectivity index (χ1v) is 7.58. The van der Waals surface area contributed by atoms with Crippen molar-refractivity contribution in [3.05, 3.63) is 24.4 Å². The predicted molar refractivity (Wildman–Crippen MR) is 67.4 cm³/mol. The summed E-state index contributed by atoms with van der Waals surface area (Å²) in [5, 5.41) is 9.78. The van der Waals surface area contributed by atoms with Crippen LogP contribution in [0.4, 0.5) is 0 Å². The fraction of sp³-hybridized carbons (Fsp3) is 0.583. The quantitative estimate of drug-likeness (QED) is 0.889. The molecule has 2 rings (SSSR count). The first-order chi connectivity index (χ1) is 8.53. The fourth-order valence-electron chi connectivity index (χ4n) is 2.33. The van der Waals surface area contributed by atoms with Gasteiger partial charge in [0.1, 0.15) is 0 Å². The van der Waals surface area contributed by atoms with Gasteiger partial charge in [-0.15, -0.1) is 0 Å². The second-order valence-corrected chi connectivity index (χ2v) is 6.42. The Kier molecular flexibility index (Phi) is 3.99. The van der Waals surface area contributed by atoms with E-state index in [1.807, 2.05) is 0 Å². The lowest BCUT2D eigenvalue weighted by Crippen LogP contribution is -2.48. The summed E-state index contributed by atoms with van der Waals surface area (Å²) in [4.78, 5) is 3.91. The fourth-order valence-corrected chi connectivity index (χ4v) is 4.02. The Morgan fingerprint density at radius 1 is 1.44 bits per heavy atom. The van der Waals surface area contributed by atoms with E-state index >= 15 is 0 Å². The van der Waals surface area contributed by atoms with Crippen molar-refractivity contribution in [1.82, 2.24) is 9.29 Å². The topological polar surface area (TPSA) is 70.5 Å². The number of sulfonamides is 1. The lowest BCUT2D eigenvalue weighted by Gasteiger charge is -2.35. The smallest absolute Gasteiger partial charge is 0.260 e. The molecule has 0 saturated carbocycles. The maximum Gasteiger partial charge on any atom is 0.260 e. The van der Waals surface area contributed by atoms with Crippen LogP contribution in [0.3, 0.4) is 0 Å². The highest BCUT2D eigenvalue weighted by molar-refractivity contribution is 7.89. The van der Waals surface area contributed by atoms with Crippen molar-refractivity contribution < 1.29 is 13.5 Å². The SMILES string of the molecule is CC(O)C1CCCCN1S(=O)(=O)c1ccccn1. The molecule has 0 bridgehead atoms. The number of aliphatic hydroxyl groups is 1. The predicted octanol–water partition coefficient (Wildman–Crippen LogP) is 1.01. The molecule has 1 N–H and O–H groups in total. The molecule has 1 aromatic heterocycles. The zero-order chi connectivity index (χ0) is 13.2. The number of nitrogens with zero attached hydrogens (tertiary/aromatic N) is 2. The minimum atomic E-state index is -3.59. The van der Waals surface area contributed by atoms with Gasteiger partial charge in [-0.1, -0.05) is 12.5 Å². The molecule has 18 heavy (non-hydrogen) atoms. The van der Waals surface area contributed by atoms with E-state index in [1.54, 1.807) is 19.1 Å². The number of hydrogen-bond donors (Lipinski definition) is 1. The summed E-state index contributed by atoms with van der Waals surface area (Å²) >= 11 is 0. The maximum absolute atomic E-state index is 12.5. The van der Waals surface area contributed by atoms with E-state index in [0.29, 0.717) is 13.0 Å². The van der Waals surface area contributed by atoms with Crippen LogP contribution in [0.1, 0.15) is 26.2 Å². The van der Waals surface area contributed by atoms with E-state index in [0.717, 1.165) is 12.8 Å². The lowest BCUT2D eigenvalue weighted by atomic mass is 10.0. The minimum Gasteiger partial charge on any atom is -0.392 e. The Morgan fingerprint density at radius 3 is 2.83 bits per heavy atom. The second kappa shape index (κ2) is 5.34. The summed E-state index contributed by atoms with van der Waals surface area (Å²) < 4.78 is 26.3. The Bertz CT molecular complexity index is 487. The number of hydrogen-bond acceptors (Lipinski definition) is 4. The van der Waals surface area contributed by atoms with E-state index in [9.17, 15) is 13.5 Å². The average molecular weight is 270 g/mol. The highest BCUT2D eigenvalue weighted by Crippen LogP contribution is 2.26. The van der Waals surface area contributed by atoms with Gasteiger partial charge >= 0.3 is 0 Å². The van der Waals surface area contributed by atoms with Crippen molar-refractivity contribution in [2.75, 3.05) is 6.54 Å². The molecule has 1 aromatic rings. The molecule has 1 aliphatic heterocycles. The van der Waals surface area contributed by atoms with Gasteiger partial charge < -0.3 is 5.11 Å². The summed E-state index contributed by atoms with van der Waals surface area (Å²) in [7, 11) is -3.59. The third-order valence-corrected chi connectivity index (χ3v) is 5.11. The molecular weight excluding hydrogens is 252 g/mol. The molecule has 0 amide bonds. The molecule has 2 atom stereocenters. The molecule has 0 spiro atoms. The van der Waals surface area contributed by atoms with Gasteiger partial charge in [0.25, 0.3) is 10.0 Å². The van der Waals surface area contributed by atoms with Crippen molar-refractivity contribution in [3.8, 4) is 0 Å². The summed E-state index contributed by atoms with van der Waals surface area (Å²) in [5.74, 6) is 0. The minimum absolute atomic E-state index is 0.0533. The van der Waals surface area contributed by atoms with Crippen LogP contribution in [0.15, 0.2) is 29.4 Å². The average Bonchev–Trinajstić information content (AvgIpc) is 2.39. The maximum atomic E-state index is 12.5. The lowest BCUT2D eigenvalue weighted by molar-refractivity contribution is 0.0829. The molecule has 5 nitrogen and oxygen atoms in total. The second-order valence-electron chi connectivity index (χ2n) is 4.59. The number of aromatic nitrogens is 1. The van der Waals surface area contributed by atoms with Gasteiger partial charge in [0.2, 0.25) is 0 Å². The van der Waals surface area contributed by atoms with Crippen LogP contribution < -0.4 is 0 Å². The highest BCUT2D eigenvalue weighted by atomic mass is 32.2. The van der Waals surface area contributed by atoms with Gasteiger partial charge in [0, 0.05) is 12.7 Å². The first-order valence-electron chi connectivity index (χ1n) is 6.14. The van der Waals surface area contributed by atoms with Crippen molar-refractivity contribution in [1.29, 1.82) is 0 Å². The number of rotatable bonds is 3. The molecule has 0 aliphatic carbocycles. The Morgan fingerprint density at radius 2 is 2.22 bits per heavy atom. The van der Waals surface area contributed by atoms with Crippen LogP contribution >= 0.6 is 0 Å². The summed E-state index contributed by atoms with van der Waals surface area (Å²) in [6, 6.07) is 4.48. The molecule has 2 unspecified atom stereocenters. The molecule has 100 valence electrons. The summed E-state index contributed by atoms with van der Waals surface area (Å²) in [6.45, 7) is 2.09. The van der Waals surface area contributed by atoms with Gasteiger partial charge in [-0.05, 0) is 31.9 Å². The van der Waals surface area contributed by atoms with Gasteiger partial charge in [0.15, 0.2) is 5.03 Å². The largest absolute Gasteiger partial charge is 0.392 e. The third kappa shape index (κ3) is 2.55. The Balaban J connectivity index is 2.34. The summed E-state index contributed by atoms with van der Waals surface area (Å²) in [5.41, 5.74) is 0. The molecule has 2 heterocycles. The normalized spacial score (nSPS) is 23.8. The number of pyridine rings is 1. The van der Waals surface area contributed by atoms with Gasteiger partial charge in [0.05, 0.1) is 12.1 Å². The van der Waals surface area contributed by atoms with Gasteiger partial charge in [-0.2, -0.15) is 4.31 Å². The zero-order valence-electron chi connectivity index (χ0n) is 10.4. The van der Waals surface area contributed by atoms with Crippen molar-refractivity contribution in [2.45, 2.75) is 43.4 Å². The number of piperidine rings is 1. The van der Waals surface area contributed by atoms with E-state index < -0.39 is 16.1 Å². The zero-order valence-corrected chi connectivity index (χ0v) is 11.2. The van der Waals surface area contributed by atoms with Gasteiger partial charge in [-0.25, -0.2) is 13.4 Å². The Labute approximate surface area is 108 Å². The molecule has 1 fully saturated rings. The van der Waals surface area contributed by atoms with Crippen LogP contribution in [0.25, 0.3) is 0 Å². The first kappa shape index (κ1) is 13.5. The van der Waals surface area contributed by atoms with Crippen LogP contribution in [0.5, 0.6) is 0 Å². The van der Waals surface area contributed by atoms with Crippen LogP contribution in [-0.2, 0) is 10.0 Å². The van der Waals surface area contributed by atoms with Crippen LogP contribution in [-0.4, -0.2) is 41.5 Å². The van der Waals surface area contributed by atoms with Crippen molar-refractivity contribution >= 4 is 10.0 Å². The van der Waals surface area contributed by atoms with Crippen LogP contribution in [0.2, 0.25) is 0 Å². The molecule has 1 aliphatic rings. The van der Waals surface area contributed by atoms with Crippen molar-refractivity contribution in [2.24, 2.45) is 0 Å². The Hall–Kier alpha value is -0.980. The number of aliphatic hydroxyl groups excluding tert-OH is 1. The van der Waals surface area contributed by atoms with E-state index in [1.165, 1.54) is 16.6 Å². The van der Waals surface area contributed by atoms with E-state index in [4.69, 9.17) is 0 Å².